The van der Waals surface area contributed by atoms with Crippen molar-refractivity contribution in [2.45, 2.75) is 27.7 Å². The summed E-state index contributed by atoms with van der Waals surface area (Å²) in [5.41, 5.74) is 3.89. The number of hydrogen-bond acceptors (Lipinski definition) is 5. The van der Waals surface area contributed by atoms with Crippen molar-refractivity contribution < 1.29 is 14.3 Å². The third-order valence-corrected chi connectivity index (χ3v) is 6.41. The molecule has 1 aliphatic rings. The predicted octanol–water partition coefficient (Wildman–Crippen LogP) is 6.11. The number of carbonyl (C=O) groups is 1. The molecule has 1 fully saturated rings. The van der Waals surface area contributed by atoms with Crippen LogP contribution in [0.25, 0.3) is 6.08 Å². The zero-order chi connectivity index (χ0) is 21.1. The van der Waals surface area contributed by atoms with Gasteiger partial charge < -0.3 is 9.47 Å². The van der Waals surface area contributed by atoms with E-state index in [0.29, 0.717) is 28.2 Å². The first-order valence-electron chi connectivity index (χ1n) is 9.30. The van der Waals surface area contributed by atoms with Crippen molar-refractivity contribution in [2.75, 3.05) is 18.1 Å². The molecule has 7 heteroatoms. The fourth-order valence-electron chi connectivity index (χ4n) is 3.10. The number of ether oxygens (including phenoxy) is 2. The maximum atomic E-state index is 13.1. The standard InChI is InChI=1S/C22H22INO3S2/c1-5-26-18-11-15(10-16(23)20(18)27-6-2)12-19-21(25)24(22(28)29-19)17-8-7-13(3)9-14(17)4/h7-12H,5-6H2,1-4H3/b19-12-. The van der Waals surface area contributed by atoms with Gasteiger partial charge in [0.15, 0.2) is 15.8 Å². The average Bonchev–Trinajstić information content (AvgIpc) is 2.92. The first kappa shape index (κ1) is 22.1. The summed E-state index contributed by atoms with van der Waals surface area (Å²) < 4.78 is 13.0. The Labute approximate surface area is 194 Å². The summed E-state index contributed by atoms with van der Waals surface area (Å²) in [5, 5.41) is 0. The highest BCUT2D eigenvalue weighted by Crippen LogP contribution is 2.39. The Balaban J connectivity index is 1.97. The van der Waals surface area contributed by atoms with Crippen LogP contribution in [0.5, 0.6) is 11.5 Å². The quantitative estimate of drug-likeness (QED) is 0.252. The highest BCUT2D eigenvalue weighted by Gasteiger charge is 2.34. The lowest BCUT2D eigenvalue weighted by Gasteiger charge is -2.17. The Hall–Kier alpha value is -1.58. The number of aryl methyl sites for hydroxylation is 2. The molecule has 1 heterocycles. The summed E-state index contributed by atoms with van der Waals surface area (Å²) in [4.78, 5) is 15.3. The number of anilines is 1. The topological polar surface area (TPSA) is 38.8 Å². The summed E-state index contributed by atoms with van der Waals surface area (Å²) >= 11 is 9.06. The summed E-state index contributed by atoms with van der Waals surface area (Å²) in [5.74, 6) is 1.31. The highest BCUT2D eigenvalue weighted by molar-refractivity contribution is 14.1. The zero-order valence-electron chi connectivity index (χ0n) is 16.7. The Kier molecular flexibility index (Phi) is 7.23. The van der Waals surface area contributed by atoms with Crippen LogP contribution >= 0.6 is 46.6 Å². The van der Waals surface area contributed by atoms with Crippen LogP contribution in [-0.4, -0.2) is 23.4 Å². The minimum absolute atomic E-state index is 0.103. The average molecular weight is 539 g/mol. The van der Waals surface area contributed by atoms with Gasteiger partial charge in [0.2, 0.25) is 0 Å². The minimum atomic E-state index is -0.103. The van der Waals surface area contributed by atoms with Crippen molar-refractivity contribution in [1.29, 1.82) is 0 Å². The molecule has 1 saturated heterocycles. The maximum Gasteiger partial charge on any atom is 0.270 e. The molecule has 0 spiro atoms. The predicted molar refractivity (Wildman–Crippen MR) is 133 cm³/mol. The molecule has 0 unspecified atom stereocenters. The Bertz CT molecular complexity index is 1000. The maximum absolute atomic E-state index is 13.1. The Morgan fingerprint density at radius 2 is 1.86 bits per heavy atom. The minimum Gasteiger partial charge on any atom is -0.490 e. The number of halogens is 1. The smallest absolute Gasteiger partial charge is 0.270 e. The Morgan fingerprint density at radius 1 is 1.14 bits per heavy atom. The van der Waals surface area contributed by atoms with Gasteiger partial charge in [-0.3, -0.25) is 9.69 Å². The molecule has 0 aromatic heterocycles. The number of hydrogen-bond donors (Lipinski definition) is 0. The second-order valence-corrected chi connectivity index (χ2v) is 9.34. The number of carbonyl (C=O) groups excluding carboxylic acids is 1. The van der Waals surface area contributed by atoms with Gasteiger partial charge in [0.05, 0.1) is 27.4 Å². The van der Waals surface area contributed by atoms with Gasteiger partial charge in [-0.1, -0.05) is 41.7 Å². The summed E-state index contributed by atoms with van der Waals surface area (Å²) in [6, 6.07) is 9.89. The van der Waals surface area contributed by atoms with E-state index in [4.69, 9.17) is 21.7 Å². The summed E-state index contributed by atoms with van der Waals surface area (Å²) in [6.45, 7) is 9.00. The van der Waals surface area contributed by atoms with Gasteiger partial charge >= 0.3 is 0 Å². The van der Waals surface area contributed by atoms with E-state index >= 15 is 0 Å². The van der Waals surface area contributed by atoms with Gasteiger partial charge in [-0.2, -0.15) is 0 Å². The van der Waals surface area contributed by atoms with Crippen LogP contribution in [0.2, 0.25) is 0 Å². The van der Waals surface area contributed by atoms with Gasteiger partial charge in [0, 0.05) is 0 Å². The highest BCUT2D eigenvalue weighted by atomic mass is 127. The molecule has 0 saturated carbocycles. The van der Waals surface area contributed by atoms with E-state index in [1.165, 1.54) is 11.8 Å². The molecule has 0 N–H and O–H groups in total. The van der Waals surface area contributed by atoms with Crippen LogP contribution in [0.15, 0.2) is 35.2 Å². The van der Waals surface area contributed by atoms with Gasteiger partial charge in [-0.05, 0) is 85.7 Å². The van der Waals surface area contributed by atoms with Crippen LogP contribution < -0.4 is 14.4 Å². The molecule has 0 atom stereocenters. The number of thiocarbonyl (C=S) groups is 1. The van der Waals surface area contributed by atoms with Gasteiger partial charge in [-0.25, -0.2) is 0 Å². The molecule has 2 aromatic rings. The summed E-state index contributed by atoms with van der Waals surface area (Å²) in [7, 11) is 0. The van der Waals surface area contributed by atoms with E-state index in [-0.39, 0.29) is 5.91 Å². The molecule has 1 aliphatic heterocycles. The van der Waals surface area contributed by atoms with Crippen LogP contribution in [0.4, 0.5) is 5.69 Å². The summed E-state index contributed by atoms with van der Waals surface area (Å²) in [6.07, 6.45) is 1.86. The zero-order valence-corrected chi connectivity index (χ0v) is 20.5. The molecular weight excluding hydrogens is 517 g/mol. The molecule has 4 nitrogen and oxygen atoms in total. The SMILES string of the molecule is CCOc1cc(/C=C2\SC(=S)N(c3ccc(C)cc3C)C2=O)cc(I)c1OCC. The van der Waals surface area contributed by atoms with Crippen molar-refractivity contribution in [3.63, 3.8) is 0 Å². The van der Waals surface area contributed by atoms with Crippen LogP contribution in [0.3, 0.4) is 0 Å². The van der Waals surface area contributed by atoms with Crippen LogP contribution in [0, 0.1) is 17.4 Å². The molecular formula is C22H22INO3S2. The van der Waals surface area contributed by atoms with E-state index in [9.17, 15) is 4.79 Å². The first-order chi connectivity index (χ1) is 13.8. The lowest BCUT2D eigenvalue weighted by Crippen LogP contribution is -2.28. The second kappa shape index (κ2) is 9.49. The number of amides is 1. The molecule has 152 valence electrons. The molecule has 0 aliphatic carbocycles. The van der Waals surface area contributed by atoms with Crippen molar-refractivity contribution in [1.82, 2.24) is 0 Å². The van der Waals surface area contributed by atoms with Crippen molar-refractivity contribution >= 4 is 68.6 Å². The fourth-order valence-corrected chi connectivity index (χ4v) is 5.17. The molecule has 0 bridgehead atoms. The molecule has 1 amide bonds. The molecule has 3 rings (SSSR count). The largest absolute Gasteiger partial charge is 0.490 e. The fraction of sp³-hybridized carbons (Fsp3) is 0.273. The van der Waals surface area contributed by atoms with E-state index in [1.54, 1.807) is 4.90 Å². The lowest BCUT2D eigenvalue weighted by molar-refractivity contribution is -0.113. The monoisotopic (exact) mass is 539 g/mol. The van der Waals surface area contributed by atoms with Gasteiger partial charge in [-0.15, -0.1) is 0 Å². The van der Waals surface area contributed by atoms with Crippen molar-refractivity contribution in [3.8, 4) is 11.5 Å². The van der Waals surface area contributed by atoms with Crippen molar-refractivity contribution in [3.05, 3.63) is 55.5 Å². The Morgan fingerprint density at radius 3 is 2.52 bits per heavy atom. The van der Waals surface area contributed by atoms with Crippen LogP contribution in [-0.2, 0) is 4.79 Å². The number of benzene rings is 2. The van der Waals surface area contributed by atoms with E-state index in [2.05, 4.69) is 28.7 Å². The molecule has 29 heavy (non-hydrogen) atoms. The molecule has 0 radical (unpaired) electrons. The first-order valence-corrected chi connectivity index (χ1v) is 11.6. The third kappa shape index (κ3) is 4.78. The van der Waals surface area contributed by atoms with Gasteiger partial charge in [0.1, 0.15) is 0 Å². The van der Waals surface area contributed by atoms with E-state index < -0.39 is 0 Å². The normalized spacial score (nSPS) is 15.3. The number of thioether (sulfide) groups is 1. The number of nitrogens with zero attached hydrogens (tertiary/aromatic N) is 1. The van der Waals surface area contributed by atoms with Crippen LogP contribution in [0.1, 0.15) is 30.5 Å². The molecule has 2 aromatic carbocycles. The van der Waals surface area contributed by atoms with Crippen molar-refractivity contribution in [2.24, 2.45) is 0 Å². The second-order valence-electron chi connectivity index (χ2n) is 6.50. The van der Waals surface area contributed by atoms with Gasteiger partial charge in [0.25, 0.3) is 5.91 Å². The number of rotatable bonds is 6. The van der Waals surface area contributed by atoms with E-state index in [0.717, 1.165) is 31.7 Å². The third-order valence-electron chi connectivity index (χ3n) is 4.31. The lowest BCUT2D eigenvalue weighted by atomic mass is 10.1. The van der Waals surface area contributed by atoms with E-state index in [1.807, 2.05) is 58.0 Å².